The number of benzene rings is 2. The number of nitrogens with one attached hydrogen (secondary N) is 1. The van der Waals surface area contributed by atoms with E-state index < -0.39 is 22.0 Å². The molecule has 0 saturated heterocycles. The monoisotopic (exact) mass is 449 g/mol. The summed E-state index contributed by atoms with van der Waals surface area (Å²) < 4.78 is 41.5. The summed E-state index contributed by atoms with van der Waals surface area (Å²) in [4.78, 5) is 12.6. The number of hydrazone groups is 1. The zero-order chi connectivity index (χ0) is 23.0. The molecule has 0 radical (unpaired) electrons. The predicted octanol–water partition coefficient (Wildman–Crippen LogP) is 2.41. The second-order valence-electron chi connectivity index (χ2n) is 6.51. The fourth-order valence-electron chi connectivity index (χ4n) is 2.86. The number of nitrogens with zero attached hydrogens (tertiary/aromatic N) is 2. The van der Waals surface area contributed by atoms with Crippen LogP contribution in [0.2, 0.25) is 0 Å². The molecule has 168 valence electrons. The molecule has 0 fully saturated rings. The molecule has 31 heavy (non-hydrogen) atoms. The smallest absolute Gasteiger partial charge is 0.263 e. The molecule has 0 aliphatic carbocycles. The normalized spacial score (nSPS) is 12.3. The highest BCUT2D eigenvalue weighted by atomic mass is 32.2. The number of carbonyl (C=O) groups is 1. The molecule has 10 heteroatoms. The second kappa shape index (κ2) is 10.7. The van der Waals surface area contributed by atoms with Crippen molar-refractivity contribution in [3.63, 3.8) is 0 Å². The number of amides is 1. The highest BCUT2D eigenvalue weighted by molar-refractivity contribution is 7.92. The van der Waals surface area contributed by atoms with Gasteiger partial charge in [-0.25, -0.2) is 13.8 Å². The van der Waals surface area contributed by atoms with E-state index in [2.05, 4.69) is 10.5 Å². The molecular formula is C21H27N3O6S. The maximum absolute atomic E-state index is 12.6. The lowest BCUT2D eigenvalue weighted by Gasteiger charge is -2.27. The maximum Gasteiger partial charge on any atom is 0.263 e. The average molecular weight is 450 g/mol. The molecule has 1 atom stereocenters. The van der Waals surface area contributed by atoms with Crippen LogP contribution in [-0.2, 0) is 14.8 Å². The van der Waals surface area contributed by atoms with E-state index in [1.54, 1.807) is 42.5 Å². The van der Waals surface area contributed by atoms with Crippen LogP contribution in [0.5, 0.6) is 17.2 Å². The Morgan fingerprint density at radius 3 is 2.32 bits per heavy atom. The number of anilines is 1. The Labute approximate surface area is 182 Å². The number of hydrogen-bond donors (Lipinski definition) is 1. The van der Waals surface area contributed by atoms with E-state index in [4.69, 9.17) is 14.2 Å². The van der Waals surface area contributed by atoms with Gasteiger partial charge in [0.05, 0.1) is 39.0 Å². The van der Waals surface area contributed by atoms with Crippen molar-refractivity contribution in [2.24, 2.45) is 5.10 Å². The molecular weight excluding hydrogens is 422 g/mol. The van der Waals surface area contributed by atoms with Crippen LogP contribution in [0.15, 0.2) is 47.6 Å². The van der Waals surface area contributed by atoms with Crippen molar-refractivity contribution in [2.75, 3.05) is 31.4 Å². The summed E-state index contributed by atoms with van der Waals surface area (Å²) in [5.41, 5.74) is 3.39. The zero-order valence-electron chi connectivity index (χ0n) is 18.2. The van der Waals surface area contributed by atoms with Gasteiger partial charge in [0.15, 0.2) is 11.5 Å². The zero-order valence-corrected chi connectivity index (χ0v) is 19.0. The fourth-order valence-corrected chi connectivity index (χ4v) is 4.04. The third-order valence-electron chi connectivity index (χ3n) is 4.29. The summed E-state index contributed by atoms with van der Waals surface area (Å²) in [6, 6.07) is 10.6. The molecule has 1 N–H and O–H groups in total. The highest BCUT2D eigenvalue weighted by Gasteiger charge is 2.29. The van der Waals surface area contributed by atoms with Crippen molar-refractivity contribution in [3.8, 4) is 17.2 Å². The molecule has 1 amide bonds. The predicted molar refractivity (Wildman–Crippen MR) is 120 cm³/mol. The van der Waals surface area contributed by atoms with Crippen LogP contribution in [0.4, 0.5) is 5.69 Å². The molecule has 0 aliphatic heterocycles. The number of rotatable bonds is 10. The van der Waals surface area contributed by atoms with Crippen LogP contribution in [-0.4, -0.2) is 53.7 Å². The Bertz CT molecular complexity index is 1020. The van der Waals surface area contributed by atoms with Crippen LogP contribution in [0.25, 0.3) is 0 Å². The molecule has 2 aromatic carbocycles. The number of ether oxygens (including phenoxy) is 3. The third-order valence-corrected chi connectivity index (χ3v) is 5.53. The molecule has 0 heterocycles. The minimum atomic E-state index is -3.73. The van der Waals surface area contributed by atoms with E-state index in [1.165, 1.54) is 27.4 Å². The number of carbonyl (C=O) groups excluding carboxylic acids is 1. The molecule has 0 saturated carbocycles. The Hall–Kier alpha value is -3.27. The van der Waals surface area contributed by atoms with E-state index in [1.807, 2.05) is 6.92 Å². The SMILES string of the molecule is CCOc1ccc(N([C@@H](C)C(=O)N/N=C\c2ccc(OC)c(OC)c2)S(C)(=O)=O)cc1. The van der Waals surface area contributed by atoms with Gasteiger partial charge in [-0.3, -0.25) is 9.10 Å². The van der Waals surface area contributed by atoms with Gasteiger partial charge in [0.2, 0.25) is 10.0 Å². The van der Waals surface area contributed by atoms with Crippen molar-refractivity contribution in [1.29, 1.82) is 0 Å². The summed E-state index contributed by atoms with van der Waals surface area (Å²) in [6.45, 7) is 3.83. The summed E-state index contributed by atoms with van der Waals surface area (Å²) in [7, 11) is -0.682. The highest BCUT2D eigenvalue weighted by Crippen LogP contribution is 2.27. The van der Waals surface area contributed by atoms with E-state index in [-0.39, 0.29) is 0 Å². The lowest BCUT2D eigenvalue weighted by atomic mass is 10.2. The van der Waals surface area contributed by atoms with Crippen LogP contribution in [0.1, 0.15) is 19.4 Å². The number of sulfonamides is 1. The van der Waals surface area contributed by atoms with Crippen molar-refractivity contribution >= 4 is 27.8 Å². The largest absolute Gasteiger partial charge is 0.494 e. The van der Waals surface area contributed by atoms with Gasteiger partial charge >= 0.3 is 0 Å². The topological polar surface area (TPSA) is 107 Å². The van der Waals surface area contributed by atoms with Gasteiger partial charge in [-0.1, -0.05) is 0 Å². The second-order valence-corrected chi connectivity index (χ2v) is 8.37. The molecule has 0 aliphatic rings. The molecule has 0 aromatic heterocycles. The van der Waals surface area contributed by atoms with Crippen molar-refractivity contribution in [1.82, 2.24) is 5.43 Å². The summed E-state index contributed by atoms with van der Waals surface area (Å²) in [6.07, 6.45) is 2.47. The van der Waals surface area contributed by atoms with Gasteiger partial charge in [0.1, 0.15) is 11.8 Å². The van der Waals surface area contributed by atoms with E-state index in [9.17, 15) is 13.2 Å². The van der Waals surface area contributed by atoms with Gasteiger partial charge in [-0.15, -0.1) is 0 Å². The summed E-state index contributed by atoms with van der Waals surface area (Å²) in [5.74, 6) is 1.11. The summed E-state index contributed by atoms with van der Waals surface area (Å²) in [5, 5.41) is 3.93. The van der Waals surface area contributed by atoms with E-state index in [0.29, 0.717) is 35.1 Å². The quantitative estimate of drug-likeness (QED) is 0.441. The lowest BCUT2D eigenvalue weighted by molar-refractivity contribution is -0.121. The first-order valence-electron chi connectivity index (χ1n) is 9.48. The summed E-state index contributed by atoms with van der Waals surface area (Å²) >= 11 is 0. The van der Waals surface area contributed by atoms with Crippen molar-refractivity contribution in [2.45, 2.75) is 19.9 Å². The molecule has 9 nitrogen and oxygen atoms in total. The average Bonchev–Trinajstić information content (AvgIpc) is 2.74. The first-order chi connectivity index (χ1) is 14.7. The molecule has 2 rings (SSSR count). The molecule has 0 unspecified atom stereocenters. The van der Waals surface area contributed by atoms with Gasteiger partial charge in [0.25, 0.3) is 5.91 Å². The van der Waals surface area contributed by atoms with Crippen LogP contribution in [0.3, 0.4) is 0 Å². The van der Waals surface area contributed by atoms with Crippen LogP contribution in [0, 0.1) is 0 Å². The Kier molecular flexibility index (Phi) is 8.26. The van der Waals surface area contributed by atoms with E-state index in [0.717, 1.165) is 10.6 Å². The van der Waals surface area contributed by atoms with Crippen LogP contribution >= 0.6 is 0 Å². The van der Waals surface area contributed by atoms with Gasteiger partial charge in [-0.05, 0) is 61.9 Å². The van der Waals surface area contributed by atoms with Crippen LogP contribution < -0.4 is 23.9 Å². The maximum atomic E-state index is 12.6. The minimum absolute atomic E-state index is 0.345. The van der Waals surface area contributed by atoms with Crippen molar-refractivity contribution < 1.29 is 27.4 Å². The number of hydrogen-bond acceptors (Lipinski definition) is 7. The van der Waals surface area contributed by atoms with E-state index >= 15 is 0 Å². The first-order valence-corrected chi connectivity index (χ1v) is 11.3. The van der Waals surface area contributed by atoms with Gasteiger partial charge < -0.3 is 14.2 Å². The number of methoxy groups -OCH3 is 2. The molecule has 0 spiro atoms. The first kappa shape index (κ1) is 24.0. The Morgan fingerprint density at radius 2 is 1.77 bits per heavy atom. The fraction of sp³-hybridized carbons (Fsp3) is 0.333. The minimum Gasteiger partial charge on any atom is -0.494 e. The van der Waals surface area contributed by atoms with Gasteiger partial charge in [0, 0.05) is 0 Å². The van der Waals surface area contributed by atoms with Crippen molar-refractivity contribution in [3.05, 3.63) is 48.0 Å². The third kappa shape index (κ3) is 6.35. The standard InChI is InChI=1S/C21H27N3O6S/c1-6-30-18-10-8-17(9-11-18)24(31(5,26)27)15(2)21(25)23-22-14-16-7-12-19(28-3)20(13-16)29-4/h7-15H,6H2,1-5H3,(H,23,25)/b22-14-/t15-/m0/s1. The van der Waals surface area contributed by atoms with Gasteiger partial charge in [-0.2, -0.15) is 5.10 Å². The molecule has 0 bridgehead atoms. The molecule has 2 aromatic rings. The Balaban J connectivity index is 2.15. The lowest BCUT2D eigenvalue weighted by Crippen LogP contribution is -2.46. The Morgan fingerprint density at radius 1 is 1.13 bits per heavy atom.